The smallest absolute Gasteiger partial charge is 0.260 e. The van der Waals surface area contributed by atoms with Crippen LogP contribution in [0, 0.1) is 13.8 Å². The molecule has 1 amide bonds. The molecule has 156 valence electrons. The van der Waals surface area contributed by atoms with Crippen LogP contribution in [-0.2, 0) is 6.54 Å². The van der Waals surface area contributed by atoms with E-state index in [1.807, 2.05) is 55.5 Å². The van der Waals surface area contributed by atoms with Crippen molar-refractivity contribution in [2.75, 3.05) is 12.4 Å². The lowest BCUT2D eigenvalue weighted by Gasteiger charge is -2.11. The molecule has 2 aromatic carbocycles. The maximum atomic E-state index is 13.1. The molecule has 0 aliphatic rings. The first-order valence-electron chi connectivity index (χ1n) is 9.96. The molecule has 0 saturated carbocycles. The molecule has 4 rings (SSSR count). The second-order valence-electron chi connectivity index (χ2n) is 7.47. The number of carbonyl (C=O) groups is 1. The van der Waals surface area contributed by atoms with E-state index in [0.29, 0.717) is 34.4 Å². The molecule has 0 aliphatic carbocycles. The highest BCUT2D eigenvalue weighted by molar-refractivity contribution is 6.06. The Morgan fingerprint density at radius 1 is 1.03 bits per heavy atom. The molecule has 4 aromatic rings. The largest absolute Gasteiger partial charge is 0.497 e. The van der Waals surface area contributed by atoms with E-state index >= 15 is 0 Å². The molecule has 31 heavy (non-hydrogen) atoms. The van der Waals surface area contributed by atoms with Crippen molar-refractivity contribution in [2.45, 2.75) is 20.4 Å². The number of methoxy groups -OCH3 is 1. The molecule has 2 aromatic heterocycles. The molecule has 0 atom stereocenters. The van der Waals surface area contributed by atoms with E-state index in [9.17, 15) is 9.59 Å². The van der Waals surface area contributed by atoms with Crippen molar-refractivity contribution in [3.05, 3.63) is 99.6 Å². The molecule has 0 aliphatic heterocycles. The summed E-state index contributed by atoms with van der Waals surface area (Å²) in [5.74, 6) is 0.472. The van der Waals surface area contributed by atoms with Crippen molar-refractivity contribution in [3.63, 3.8) is 0 Å². The van der Waals surface area contributed by atoms with E-state index in [1.54, 1.807) is 36.9 Å². The van der Waals surface area contributed by atoms with Gasteiger partial charge in [-0.2, -0.15) is 0 Å². The summed E-state index contributed by atoms with van der Waals surface area (Å²) >= 11 is 0. The maximum absolute atomic E-state index is 13.1. The van der Waals surface area contributed by atoms with Crippen LogP contribution in [0.2, 0.25) is 0 Å². The second-order valence-corrected chi connectivity index (χ2v) is 7.47. The van der Waals surface area contributed by atoms with Gasteiger partial charge in [0.25, 0.3) is 11.5 Å². The Morgan fingerprint density at radius 2 is 1.74 bits per heavy atom. The number of amides is 1. The fourth-order valence-electron chi connectivity index (χ4n) is 3.42. The Labute approximate surface area is 180 Å². The minimum atomic E-state index is -0.291. The highest BCUT2D eigenvalue weighted by atomic mass is 16.5. The molecule has 0 saturated heterocycles. The number of hydrogen-bond donors (Lipinski definition) is 1. The molecule has 6 nitrogen and oxygen atoms in total. The summed E-state index contributed by atoms with van der Waals surface area (Å²) < 4.78 is 6.80. The van der Waals surface area contributed by atoms with Gasteiger partial charge in [-0.1, -0.05) is 29.8 Å². The number of aromatic nitrogens is 2. The number of anilines is 1. The maximum Gasteiger partial charge on any atom is 0.260 e. The summed E-state index contributed by atoms with van der Waals surface area (Å²) in [6, 6.07) is 18.5. The van der Waals surface area contributed by atoms with Gasteiger partial charge >= 0.3 is 0 Å². The number of ether oxygens (including phenoxy) is 1. The summed E-state index contributed by atoms with van der Waals surface area (Å²) in [4.78, 5) is 30.4. The van der Waals surface area contributed by atoms with Crippen LogP contribution in [0.4, 0.5) is 5.69 Å². The van der Waals surface area contributed by atoms with Crippen LogP contribution < -0.4 is 15.6 Å². The number of benzene rings is 2. The SMILES string of the molecule is COc1ccc(Cn2ccc3nc(C)c(C(=O)Nc4ccc(C)cc4)cc3c2=O)cc1. The van der Waals surface area contributed by atoms with E-state index in [4.69, 9.17) is 4.74 Å². The second kappa shape index (κ2) is 8.44. The minimum absolute atomic E-state index is 0.190. The van der Waals surface area contributed by atoms with Crippen LogP contribution in [-0.4, -0.2) is 22.6 Å². The van der Waals surface area contributed by atoms with E-state index in [2.05, 4.69) is 10.3 Å². The van der Waals surface area contributed by atoms with Crippen LogP contribution in [0.5, 0.6) is 5.75 Å². The van der Waals surface area contributed by atoms with Gasteiger partial charge in [0.05, 0.1) is 35.8 Å². The number of fused-ring (bicyclic) bond motifs is 1. The van der Waals surface area contributed by atoms with Gasteiger partial charge in [0.2, 0.25) is 0 Å². The van der Waals surface area contributed by atoms with Crippen LogP contribution in [0.25, 0.3) is 10.9 Å². The lowest BCUT2D eigenvalue weighted by Crippen LogP contribution is -2.22. The van der Waals surface area contributed by atoms with Crippen molar-refractivity contribution in [1.29, 1.82) is 0 Å². The van der Waals surface area contributed by atoms with E-state index in [1.165, 1.54) is 0 Å². The van der Waals surface area contributed by atoms with Crippen molar-refractivity contribution in [2.24, 2.45) is 0 Å². The van der Waals surface area contributed by atoms with Gasteiger partial charge in [-0.3, -0.25) is 14.6 Å². The molecular weight excluding hydrogens is 390 g/mol. The summed E-state index contributed by atoms with van der Waals surface area (Å²) in [7, 11) is 1.62. The third-order valence-corrected chi connectivity index (χ3v) is 5.21. The molecule has 2 heterocycles. The number of hydrogen-bond acceptors (Lipinski definition) is 4. The van der Waals surface area contributed by atoms with Gasteiger partial charge < -0.3 is 14.6 Å². The number of nitrogens with zero attached hydrogens (tertiary/aromatic N) is 2. The lowest BCUT2D eigenvalue weighted by atomic mass is 10.1. The zero-order valence-corrected chi connectivity index (χ0v) is 17.7. The standard InChI is InChI=1S/C25H23N3O3/c1-16-4-8-19(9-5-16)27-24(29)21-14-22-23(26-17(21)2)12-13-28(25(22)30)15-18-6-10-20(31-3)11-7-18/h4-14H,15H2,1-3H3,(H,27,29). The van der Waals surface area contributed by atoms with E-state index in [0.717, 1.165) is 16.9 Å². The van der Waals surface area contributed by atoms with Crippen LogP contribution >= 0.6 is 0 Å². The molecule has 0 radical (unpaired) electrons. The van der Waals surface area contributed by atoms with Crippen molar-refractivity contribution in [1.82, 2.24) is 9.55 Å². The summed E-state index contributed by atoms with van der Waals surface area (Å²) in [5, 5.41) is 3.29. The Kier molecular flexibility index (Phi) is 5.54. The molecule has 0 spiro atoms. The number of aryl methyl sites for hydroxylation is 2. The van der Waals surface area contributed by atoms with Crippen molar-refractivity contribution < 1.29 is 9.53 Å². The molecule has 1 N–H and O–H groups in total. The number of rotatable bonds is 5. The van der Waals surface area contributed by atoms with Gasteiger partial charge in [0.1, 0.15) is 5.75 Å². The van der Waals surface area contributed by atoms with Gasteiger partial charge in [0.15, 0.2) is 0 Å². The Bertz CT molecular complexity index is 1310. The summed E-state index contributed by atoms with van der Waals surface area (Å²) in [6.07, 6.45) is 1.73. The quantitative estimate of drug-likeness (QED) is 0.529. The fourth-order valence-corrected chi connectivity index (χ4v) is 3.42. The Balaban J connectivity index is 1.67. The molecular formula is C25H23N3O3. The fraction of sp³-hybridized carbons (Fsp3) is 0.160. The molecule has 6 heteroatoms. The lowest BCUT2D eigenvalue weighted by molar-refractivity contribution is 0.102. The Hall–Kier alpha value is -3.93. The first-order chi connectivity index (χ1) is 14.9. The van der Waals surface area contributed by atoms with Crippen molar-refractivity contribution >= 4 is 22.5 Å². The van der Waals surface area contributed by atoms with Gasteiger partial charge in [-0.25, -0.2) is 0 Å². The van der Waals surface area contributed by atoms with Crippen molar-refractivity contribution in [3.8, 4) is 5.75 Å². The predicted molar refractivity (Wildman–Crippen MR) is 122 cm³/mol. The molecule has 0 unspecified atom stereocenters. The number of pyridine rings is 2. The highest BCUT2D eigenvalue weighted by Crippen LogP contribution is 2.17. The molecule has 0 bridgehead atoms. The topological polar surface area (TPSA) is 73.2 Å². The first kappa shape index (κ1) is 20.3. The third-order valence-electron chi connectivity index (χ3n) is 5.21. The highest BCUT2D eigenvalue weighted by Gasteiger charge is 2.14. The van der Waals surface area contributed by atoms with E-state index in [-0.39, 0.29) is 11.5 Å². The van der Waals surface area contributed by atoms with Gasteiger partial charge in [-0.05, 0) is 55.8 Å². The van der Waals surface area contributed by atoms with Gasteiger partial charge in [-0.15, -0.1) is 0 Å². The summed E-state index contributed by atoms with van der Waals surface area (Å²) in [6.45, 7) is 4.17. The molecule has 0 fully saturated rings. The third kappa shape index (κ3) is 4.33. The number of carbonyl (C=O) groups excluding carboxylic acids is 1. The normalized spacial score (nSPS) is 10.8. The average Bonchev–Trinajstić information content (AvgIpc) is 2.77. The van der Waals surface area contributed by atoms with Gasteiger partial charge in [0, 0.05) is 11.9 Å². The predicted octanol–water partition coefficient (Wildman–Crippen LogP) is 4.32. The number of nitrogens with one attached hydrogen (secondary N) is 1. The summed E-state index contributed by atoms with van der Waals surface area (Å²) in [5.41, 5.74) is 4.11. The monoisotopic (exact) mass is 413 g/mol. The first-order valence-corrected chi connectivity index (χ1v) is 9.96. The van der Waals surface area contributed by atoms with E-state index < -0.39 is 0 Å². The minimum Gasteiger partial charge on any atom is -0.497 e. The van der Waals surface area contributed by atoms with Crippen LogP contribution in [0.15, 0.2) is 71.7 Å². The Morgan fingerprint density at radius 3 is 2.42 bits per heavy atom. The average molecular weight is 413 g/mol. The zero-order chi connectivity index (χ0) is 22.0. The van der Waals surface area contributed by atoms with Crippen LogP contribution in [0.1, 0.15) is 27.2 Å². The zero-order valence-electron chi connectivity index (χ0n) is 17.7. The van der Waals surface area contributed by atoms with Crippen LogP contribution in [0.3, 0.4) is 0 Å².